The van der Waals surface area contributed by atoms with Crippen molar-refractivity contribution >= 4 is 26.9 Å². The molecule has 4 nitrogen and oxygen atoms in total. The predicted octanol–water partition coefficient (Wildman–Crippen LogP) is 2.72. The van der Waals surface area contributed by atoms with Crippen LogP contribution in [0.3, 0.4) is 0 Å². The lowest BCUT2D eigenvalue weighted by Gasteiger charge is -2.12. The van der Waals surface area contributed by atoms with Crippen molar-refractivity contribution in [2.24, 2.45) is 0 Å². The number of benzene rings is 2. The van der Waals surface area contributed by atoms with Crippen LogP contribution in [0.1, 0.15) is 5.56 Å². The van der Waals surface area contributed by atoms with Crippen LogP contribution in [-0.2, 0) is 9.84 Å². The Hall–Kier alpha value is -2.01. The standard InChI is InChI=1S/C14H16N2O2S/c1-10-5-3-6-11(9-10)16-12-7-4-8-13(14(12)15)19(2,17)18/h3-9,16H,15H2,1-2H3. The molecule has 100 valence electrons. The molecule has 19 heavy (non-hydrogen) atoms. The van der Waals surface area contributed by atoms with E-state index in [4.69, 9.17) is 5.73 Å². The molecule has 3 N–H and O–H groups in total. The second kappa shape index (κ2) is 4.93. The molecule has 0 aliphatic carbocycles. The first-order valence-corrected chi connectivity index (χ1v) is 7.69. The highest BCUT2D eigenvalue weighted by Crippen LogP contribution is 2.29. The van der Waals surface area contributed by atoms with Crippen molar-refractivity contribution in [3.63, 3.8) is 0 Å². The molecule has 0 saturated heterocycles. The van der Waals surface area contributed by atoms with Crippen LogP contribution in [0.4, 0.5) is 17.1 Å². The lowest BCUT2D eigenvalue weighted by atomic mass is 10.2. The zero-order valence-electron chi connectivity index (χ0n) is 10.8. The fourth-order valence-corrected chi connectivity index (χ4v) is 2.69. The second-order valence-corrected chi connectivity index (χ2v) is 6.47. The van der Waals surface area contributed by atoms with Crippen LogP contribution in [0.2, 0.25) is 0 Å². The summed E-state index contributed by atoms with van der Waals surface area (Å²) in [5.41, 5.74) is 8.73. The zero-order valence-corrected chi connectivity index (χ0v) is 11.7. The molecule has 0 saturated carbocycles. The van der Waals surface area contributed by atoms with E-state index in [0.29, 0.717) is 5.69 Å². The number of anilines is 3. The lowest BCUT2D eigenvalue weighted by molar-refractivity contribution is 0.602. The third kappa shape index (κ3) is 3.06. The number of hydrogen-bond donors (Lipinski definition) is 2. The molecule has 2 rings (SSSR count). The zero-order chi connectivity index (χ0) is 14.0. The molecule has 0 aromatic heterocycles. The summed E-state index contributed by atoms with van der Waals surface area (Å²) in [5.74, 6) is 0. The third-order valence-corrected chi connectivity index (χ3v) is 3.92. The highest BCUT2D eigenvalue weighted by molar-refractivity contribution is 7.90. The van der Waals surface area contributed by atoms with Gasteiger partial charge in [0.25, 0.3) is 0 Å². The van der Waals surface area contributed by atoms with E-state index in [1.54, 1.807) is 12.1 Å². The Balaban J connectivity index is 2.42. The van der Waals surface area contributed by atoms with Gasteiger partial charge in [-0.15, -0.1) is 0 Å². The van der Waals surface area contributed by atoms with Gasteiger partial charge in [-0.25, -0.2) is 8.42 Å². The minimum atomic E-state index is -3.32. The number of nitrogen functional groups attached to an aromatic ring is 1. The Bertz CT molecular complexity index is 709. The molecule has 2 aromatic rings. The smallest absolute Gasteiger partial charge is 0.177 e. The monoisotopic (exact) mass is 276 g/mol. The van der Waals surface area contributed by atoms with Gasteiger partial charge in [-0.2, -0.15) is 0 Å². The van der Waals surface area contributed by atoms with Gasteiger partial charge in [0.1, 0.15) is 0 Å². The Labute approximate surface area is 113 Å². The van der Waals surface area contributed by atoms with Gasteiger partial charge in [0.2, 0.25) is 0 Å². The first-order valence-electron chi connectivity index (χ1n) is 5.80. The normalized spacial score (nSPS) is 11.3. The van der Waals surface area contributed by atoms with Crippen LogP contribution in [-0.4, -0.2) is 14.7 Å². The molecule has 0 heterocycles. The summed E-state index contributed by atoms with van der Waals surface area (Å²) >= 11 is 0. The summed E-state index contributed by atoms with van der Waals surface area (Å²) in [6.07, 6.45) is 1.15. The summed E-state index contributed by atoms with van der Waals surface area (Å²) in [4.78, 5) is 0.144. The largest absolute Gasteiger partial charge is 0.396 e. The van der Waals surface area contributed by atoms with Crippen LogP contribution < -0.4 is 11.1 Å². The number of para-hydroxylation sites is 1. The van der Waals surface area contributed by atoms with Gasteiger partial charge in [-0.1, -0.05) is 18.2 Å². The highest BCUT2D eigenvalue weighted by atomic mass is 32.2. The van der Waals surface area contributed by atoms with Crippen molar-refractivity contribution in [1.29, 1.82) is 0 Å². The maximum atomic E-state index is 11.6. The average molecular weight is 276 g/mol. The van der Waals surface area contributed by atoms with Crippen molar-refractivity contribution in [2.45, 2.75) is 11.8 Å². The lowest BCUT2D eigenvalue weighted by Crippen LogP contribution is -2.05. The number of hydrogen-bond acceptors (Lipinski definition) is 4. The maximum absolute atomic E-state index is 11.6. The number of sulfone groups is 1. The minimum absolute atomic E-state index is 0.144. The number of nitrogens with two attached hydrogens (primary N) is 1. The van der Waals surface area contributed by atoms with Gasteiger partial charge >= 0.3 is 0 Å². The van der Waals surface area contributed by atoms with Crippen molar-refractivity contribution < 1.29 is 8.42 Å². The molecule has 2 aromatic carbocycles. The van der Waals surface area contributed by atoms with E-state index in [9.17, 15) is 8.42 Å². The molecule has 0 radical (unpaired) electrons. The van der Waals surface area contributed by atoms with Crippen LogP contribution in [0, 0.1) is 6.92 Å². The van der Waals surface area contributed by atoms with Crippen molar-refractivity contribution in [3.05, 3.63) is 48.0 Å². The summed E-state index contributed by atoms with van der Waals surface area (Å²) in [6, 6.07) is 12.7. The Kier molecular flexibility index (Phi) is 3.48. The summed E-state index contributed by atoms with van der Waals surface area (Å²) in [7, 11) is -3.32. The van der Waals surface area contributed by atoms with Crippen LogP contribution >= 0.6 is 0 Å². The third-order valence-electron chi connectivity index (χ3n) is 2.76. The number of nitrogens with one attached hydrogen (secondary N) is 1. The Morgan fingerprint density at radius 3 is 2.42 bits per heavy atom. The van der Waals surface area contributed by atoms with E-state index in [0.717, 1.165) is 17.5 Å². The SMILES string of the molecule is Cc1cccc(Nc2cccc(S(C)(=O)=O)c2N)c1. The summed E-state index contributed by atoms with van der Waals surface area (Å²) in [5, 5.41) is 3.14. The fourth-order valence-electron chi connectivity index (χ4n) is 1.85. The van der Waals surface area contributed by atoms with Crippen LogP contribution in [0.5, 0.6) is 0 Å². The van der Waals surface area contributed by atoms with E-state index in [1.807, 2.05) is 31.2 Å². The first-order chi connectivity index (χ1) is 8.88. The van der Waals surface area contributed by atoms with E-state index < -0.39 is 9.84 Å². The van der Waals surface area contributed by atoms with Crippen LogP contribution in [0.25, 0.3) is 0 Å². The average Bonchev–Trinajstić information content (AvgIpc) is 2.30. The van der Waals surface area contributed by atoms with Crippen molar-refractivity contribution in [1.82, 2.24) is 0 Å². The van der Waals surface area contributed by atoms with E-state index in [2.05, 4.69) is 5.32 Å². The molecule has 0 bridgehead atoms. The molecule has 0 aliphatic heterocycles. The van der Waals surface area contributed by atoms with Crippen LogP contribution in [0.15, 0.2) is 47.4 Å². The molecule has 0 aliphatic rings. The summed E-state index contributed by atoms with van der Waals surface area (Å²) in [6.45, 7) is 1.99. The van der Waals surface area contributed by atoms with E-state index >= 15 is 0 Å². The van der Waals surface area contributed by atoms with Gasteiger partial charge in [0, 0.05) is 11.9 Å². The fraction of sp³-hybridized carbons (Fsp3) is 0.143. The molecule has 0 fully saturated rings. The Morgan fingerprint density at radius 1 is 1.11 bits per heavy atom. The first kappa shape index (κ1) is 13.4. The molecule has 5 heteroatoms. The second-order valence-electron chi connectivity index (χ2n) is 4.48. The van der Waals surface area contributed by atoms with E-state index in [-0.39, 0.29) is 10.6 Å². The number of aryl methyl sites for hydroxylation is 1. The molecular formula is C14H16N2O2S. The molecule has 0 amide bonds. The van der Waals surface area contributed by atoms with Crippen molar-refractivity contribution in [3.8, 4) is 0 Å². The highest BCUT2D eigenvalue weighted by Gasteiger charge is 2.14. The van der Waals surface area contributed by atoms with Crippen molar-refractivity contribution in [2.75, 3.05) is 17.3 Å². The van der Waals surface area contributed by atoms with Gasteiger partial charge in [0.05, 0.1) is 16.3 Å². The Morgan fingerprint density at radius 2 is 1.79 bits per heavy atom. The number of rotatable bonds is 3. The van der Waals surface area contributed by atoms with E-state index in [1.165, 1.54) is 6.07 Å². The topological polar surface area (TPSA) is 72.2 Å². The molecular weight excluding hydrogens is 260 g/mol. The molecule has 0 atom stereocenters. The molecule has 0 unspecified atom stereocenters. The maximum Gasteiger partial charge on any atom is 0.177 e. The predicted molar refractivity (Wildman–Crippen MR) is 78.4 cm³/mol. The quantitative estimate of drug-likeness (QED) is 0.845. The summed E-state index contributed by atoms with van der Waals surface area (Å²) < 4.78 is 23.2. The minimum Gasteiger partial charge on any atom is -0.396 e. The van der Waals surface area contributed by atoms with Gasteiger partial charge in [-0.05, 0) is 36.8 Å². The van der Waals surface area contributed by atoms with Gasteiger partial charge in [-0.3, -0.25) is 0 Å². The van der Waals surface area contributed by atoms with Gasteiger partial charge in [0.15, 0.2) is 9.84 Å². The molecule has 0 spiro atoms. The van der Waals surface area contributed by atoms with Gasteiger partial charge < -0.3 is 11.1 Å².